The Hall–Kier alpha value is -2.54. The fraction of sp³-hybridized carbons (Fsp3) is 0.278. The summed E-state index contributed by atoms with van der Waals surface area (Å²) < 4.78 is 43.0. The number of hydrogen-bond donors (Lipinski definition) is 2. The molecule has 0 saturated carbocycles. The molecule has 0 fully saturated rings. The van der Waals surface area contributed by atoms with Crippen molar-refractivity contribution in [2.24, 2.45) is 0 Å². The van der Waals surface area contributed by atoms with Gasteiger partial charge in [-0.2, -0.15) is 13.2 Å². The van der Waals surface area contributed by atoms with Crippen LogP contribution in [0, 0.1) is 0 Å². The van der Waals surface area contributed by atoms with Crippen LogP contribution in [0.1, 0.15) is 36.6 Å². The van der Waals surface area contributed by atoms with Gasteiger partial charge in [-0.3, -0.25) is 0 Å². The molecule has 2 aromatic rings. The second kappa shape index (κ2) is 6.76. The maximum absolute atomic E-state index is 12.6. The van der Waals surface area contributed by atoms with E-state index in [9.17, 15) is 23.1 Å². The van der Waals surface area contributed by atoms with Gasteiger partial charge in [0, 0.05) is 0 Å². The van der Waals surface area contributed by atoms with Crippen LogP contribution in [0.15, 0.2) is 48.5 Å². The number of alkyl halides is 3. The Kier molecular flexibility index (Phi) is 5.08. The average Bonchev–Trinajstić information content (AvgIpc) is 2.54. The number of aliphatic carboxylic acids is 1. The summed E-state index contributed by atoms with van der Waals surface area (Å²) in [6, 6.07) is 10.3. The lowest BCUT2D eigenvalue weighted by Crippen LogP contribution is -2.37. The van der Waals surface area contributed by atoms with Crippen LogP contribution in [0.4, 0.5) is 13.2 Å². The van der Waals surface area contributed by atoms with Crippen molar-refractivity contribution in [2.45, 2.75) is 31.7 Å². The van der Waals surface area contributed by atoms with Crippen LogP contribution in [0.5, 0.6) is 5.75 Å². The zero-order valence-corrected chi connectivity index (χ0v) is 13.5. The highest BCUT2D eigenvalue weighted by molar-refractivity contribution is 5.76. The molecule has 0 aliphatic carbocycles. The second-order valence-electron chi connectivity index (χ2n) is 6.01. The van der Waals surface area contributed by atoms with Gasteiger partial charge < -0.3 is 14.9 Å². The van der Waals surface area contributed by atoms with Gasteiger partial charge in [0.15, 0.2) is 5.60 Å². The van der Waals surface area contributed by atoms with Crippen LogP contribution < -0.4 is 4.74 Å². The summed E-state index contributed by atoms with van der Waals surface area (Å²) in [5.74, 6) is -0.822. The molecule has 25 heavy (non-hydrogen) atoms. The van der Waals surface area contributed by atoms with Crippen molar-refractivity contribution in [3.05, 3.63) is 65.2 Å². The summed E-state index contributed by atoms with van der Waals surface area (Å²) in [7, 11) is 0. The molecule has 7 heteroatoms. The minimum Gasteiger partial charge on any atom is -0.478 e. The molecule has 0 aliphatic heterocycles. The third-order valence-corrected chi connectivity index (χ3v) is 3.64. The third-order valence-electron chi connectivity index (χ3n) is 3.64. The zero-order chi connectivity index (χ0) is 18.8. The summed E-state index contributed by atoms with van der Waals surface area (Å²) in [5, 5.41) is 19.3. The summed E-state index contributed by atoms with van der Waals surface area (Å²) in [6.45, 7) is 2.81. The van der Waals surface area contributed by atoms with E-state index in [4.69, 9.17) is 9.84 Å². The number of carbonyl (C=O) groups is 1. The van der Waals surface area contributed by atoms with Crippen molar-refractivity contribution in [3.8, 4) is 5.75 Å². The van der Waals surface area contributed by atoms with Gasteiger partial charge in [-0.05, 0) is 49.2 Å². The Morgan fingerprint density at radius 1 is 0.960 bits per heavy atom. The van der Waals surface area contributed by atoms with Gasteiger partial charge in [0.2, 0.25) is 0 Å². The summed E-state index contributed by atoms with van der Waals surface area (Å²) in [5.41, 5.74) is -1.44. The van der Waals surface area contributed by atoms with Crippen LogP contribution >= 0.6 is 0 Å². The molecule has 2 aromatic carbocycles. The van der Waals surface area contributed by atoms with E-state index in [0.29, 0.717) is 16.9 Å². The van der Waals surface area contributed by atoms with E-state index in [2.05, 4.69) is 0 Å². The first-order valence-electron chi connectivity index (χ1n) is 7.38. The van der Waals surface area contributed by atoms with E-state index in [1.807, 2.05) is 0 Å². The van der Waals surface area contributed by atoms with Crippen LogP contribution in [0.25, 0.3) is 0 Å². The van der Waals surface area contributed by atoms with E-state index in [1.165, 1.54) is 50.2 Å². The molecule has 0 aromatic heterocycles. The zero-order valence-electron chi connectivity index (χ0n) is 13.5. The number of aliphatic hydroxyl groups excluding tert-OH is 1. The van der Waals surface area contributed by atoms with Crippen LogP contribution in [-0.2, 0) is 11.0 Å². The number of benzene rings is 2. The first-order valence-corrected chi connectivity index (χ1v) is 7.38. The van der Waals surface area contributed by atoms with Gasteiger partial charge >= 0.3 is 12.1 Å². The lowest BCUT2D eigenvalue weighted by atomic mass is 10.00. The Labute approximate surface area is 142 Å². The first kappa shape index (κ1) is 18.8. The van der Waals surface area contributed by atoms with Crippen molar-refractivity contribution >= 4 is 5.97 Å². The molecule has 0 bridgehead atoms. The Morgan fingerprint density at radius 2 is 1.40 bits per heavy atom. The lowest BCUT2D eigenvalue weighted by Gasteiger charge is -2.22. The highest BCUT2D eigenvalue weighted by atomic mass is 19.4. The predicted molar refractivity (Wildman–Crippen MR) is 84.3 cm³/mol. The average molecular weight is 354 g/mol. The van der Waals surface area contributed by atoms with Gasteiger partial charge in [-0.1, -0.05) is 24.3 Å². The van der Waals surface area contributed by atoms with Crippen LogP contribution in [0.2, 0.25) is 0 Å². The van der Waals surface area contributed by atoms with Gasteiger partial charge in [-0.25, -0.2) is 4.79 Å². The minimum absolute atomic E-state index is 0.302. The molecule has 0 radical (unpaired) electrons. The third kappa shape index (κ3) is 4.51. The number of rotatable bonds is 5. The second-order valence-corrected chi connectivity index (χ2v) is 6.01. The molecular formula is C18H17F3O4. The number of carboxylic acids is 1. The molecule has 2 rings (SSSR count). The minimum atomic E-state index is -4.43. The standard InChI is InChI=1S/C18H17F3O4/c1-17(2,16(23)24)25-14-9-5-12(6-10-14)15(22)11-3-7-13(8-4-11)18(19,20)21/h3-10,15,22H,1-2H3,(H,23,24). The molecule has 0 saturated heterocycles. The smallest absolute Gasteiger partial charge is 0.416 e. The Morgan fingerprint density at radius 3 is 1.80 bits per heavy atom. The van der Waals surface area contributed by atoms with E-state index < -0.39 is 29.4 Å². The van der Waals surface area contributed by atoms with Crippen molar-refractivity contribution in [1.29, 1.82) is 0 Å². The summed E-state index contributed by atoms with van der Waals surface area (Å²) >= 11 is 0. The molecule has 1 atom stereocenters. The van der Waals surface area contributed by atoms with Crippen molar-refractivity contribution in [1.82, 2.24) is 0 Å². The molecule has 1 unspecified atom stereocenters. The normalized spacial score (nSPS) is 13.4. The fourth-order valence-electron chi connectivity index (χ4n) is 2.10. The quantitative estimate of drug-likeness (QED) is 0.851. The van der Waals surface area contributed by atoms with Crippen LogP contribution in [0.3, 0.4) is 0 Å². The topological polar surface area (TPSA) is 66.8 Å². The van der Waals surface area contributed by atoms with Crippen LogP contribution in [-0.4, -0.2) is 21.8 Å². The van der Waals surface area contributed by atoms with Crippen molar-refractivity contribution < 1.29 is 32.9 Å². The number of hydrogen-bond acceptors (Lipinski definition) is 3. The Bertz CT molecular complexity index is 734. The highest BCUT2D eigenvalue weighted by Crippen LogP contribution is 2.31. The van der Waals surface area contributed by atoms with Gasteiger partial charge in [-0.15, -0.1) is 0 Å². The molecule has 4 nitrogen and oxygen atoms in total. The lowest BCUT2D eigenvalue weighted by molar-refractivity contribution is -0.152. The van der Waals surface area contributed by atoms with Gasteiger partial charge in [0.1, 0.15) is 11.9 Å². The SMILES string of the molecule is CC(C)(Oc1ccc(C(O)c2ccc(C(F)(F)F)cc2)cc1)C(=O)O. The summed E-state index contributed by atoms with van der Waals surface area (Å²) in [4.78, 5) is 11.0. The molecule has 0 aliphatic rings. The number of ether oxygens (including phenoxy) is 1. The van der Waals surface area contributed by atoms with Gasteiger partial charge in [0.25, 0.3) is 0 Å². The van der Waals surface area contributed by atoms with E-state index in [1.54, 1.807) is 0 Å². The fourth-order valence-corrected chi connectivity index (χ4v) is 2.10. The number of aliphatic hydroxyl groups is 1. The largest absolute Gasteiger partial charge is 0.478 e. The molecule has 2 N–H and O–H groups in total. The number of halogens is 3. The predicted octanol–water partition coefficient (Wildman–Crippen LogP) is 4.03. The molecule has 0 amide bonds. The summed E-state index contributed by atoms with van der Waals surface area (Å²) in [6.07, 6.45) is -5.54. The maximum atomic E-state index is 12.6. The first-order chi connectivity index (χ1) is 11.5. The maximum Gasteiger partial charge on any atom is 0.416 e. The van der Waals surface area contributed by atoms with E-state index in [0.717, 1.165) is 12.1 Å². The van der Waals surface area contributed by atoms with Gasteiger partial charge in [0.05, 0.1) is 5.56 Å². The van der Waals surface area contributed by atoms with E-state index >= 15 is 0 Å². The Balaban J connectivity index is 2.15. The van der Waals surface area contributed by atoms with E-state index in [-0.39, 0.29) is 0 Å². The molecule has 0 spiro atoms. The molecule has 134 valence electrons. The highest BCUT2D eigenvalue weighted by Gasteiger charge is 2.31. The number of carboxylic acid groups (broad SMARTS) is 1. The molecule has 0 heterocycles. The van der Waals surface area contributed by atoms with Crippen molar-refractivity contribution in [2.75, 3.05) is 0 Å². The monoisotopic (exact) mass is 354 g/mol. The molecular weight excluding hydrogens is 337 g/mol. The van der Waals surface area contributed by atoms with Crippen molar-refractivity contribution in [3.63, 3.8) is 0 Å².